The number of rotatable bonds is 4. The summed E-state index contributed by atoms with van der Waals surface area (Å²) in [5.74, 6) is -0.644. The summed E-state index contributed by atoms with van der Waals surface area (Å²) in [6.45, 7) is 1.81. The van der Waals surface area contributed by atoms with Crippen molar-refractivity contribution >= 4 is 33.3 Å². The van der Waals surface area contributed by atoms with E-state index in [2.05, 4.69) is 14.4 Å². The number of sulfonamides is 1. The van der Waals surface area contributed by atoms with Gasteiger partial charge in [-0.05, 0) is 30.7 Å². The summed E-state index contributed by atoms with van der Waals surface area (Å²) < 4.78 is 31.3. The number of methoxy groups -OCH3 is 1. The first-order valence-electron chi connectivity index (χ1n) is 5.89. The second kappa shape index (κ2) is 5.79. The molecule has 0 aliphatic rings. The third kappa shape index (κ3) is 3.37. The first kappa shape index (κ1) is 15.4. The van der Waals surface area contributed by atoms with Gasteiger partial charge in [-0.2, -0.15) is 0 Å². The number of anilines is 1. The van der Waals surface area contributed by atoms with Crippen LogP contribution in [0.2, 0.25) is 5.02 Å². The molecule has 2 N–H and O–H groups in total. The lowest BCUT2D eigenvalue weighted by Crippen LogP contribution is -2.12. The zero-order valence-electron chi connectivity index (χ0n) is 11.3. The number of aromatic amines is 1. The van der Waals surface area contributed by atoms with Gasteiger partial charge in [0.1, 0.15) is 10.6 Å². The van der Waals surface area contributed by atoms with Crippen molar-refractivity contribution in [3.8, 4) is 0 Å². The minimum Gasteiger partial charge on any atom is -0.464 e. The molecule has 0 saturated carbocycles. The molecule has 2 aromatic rings. The average molecular weight is 329 g/mol. The van der Waals surface area contributed by atoms with Crippen LogP contribution >= 0.6 is 11.6 Å². The molecule has 0 bridgehead atoms. The van der Waals surface area contributed by atoms with Gasteiger partial charge < -0.3 is 9.72 Å². The molecule has 8 heteroatoms. The maximum Gasteiger partial charge on any atom is 0.354 e. The van der Waals surface area contributed by atoms with Crippen LogP contribution in [0.5, 0.6) is 0 Å². The Kier molecular flexibility index (Phi) is 4.24. The molecule has 0 aliphatic heterocycles. The smallest absolute Gasteiger partial charge is 0.354 e. The molecule has 1 heterocycles. The molecule has 0 amide bonds. The number of H-pyrrole nitrogens is 1. The fourth-order valence-corrected chi connectivity index (χ4v) is 2.85. The summed E-state index contributed by atoms with van der Waals surface area (Å²) in [4.78, 5) is 13.8. The quantitative estimate of drug-likeness (QED) is 0.844. The molecule has 0 atom stereocenters. The SMILES string of the molecule is COC(=O)c1cc(S(=O)(=O)Nc2ccc(C)c(Cl)c2)c[nH]1. The van der Waals surface area contributed by atoms with Crippen LogP contribution in [-0.2, 0) is 14.8 Å². The second-order valence-corrected chi connectivity index (χ2v) is 6.40. The lowest BCUT2D eigenvalue weighted by molar-refractivity contribution is 0.0595. The van der Waals surface area contributed by atoms with Crippen LogP contribution in [0.4, 0.5) is 5.69 Å². The molecule has 0 fully saturated rings. The van der Waals surface area contributed by atoms with Crippen molar-refractivity contribution < 1.29 is 17.9 Å². The molecular weight excluding hydrogens is 316 g/mol. The van der Waals surface area contributed by atoms with E-state index in [1.165, 1.54) is 25.4 Å². The number of carbonyl (C=O) groups excluding carboxylic acids is 1. The monoisotopic (exact) mass is 328 g/mol. The van der Waals surface area contributed by atoms with E-state index in [-0.39, 0.29) is 10.6 Å². The Bertz CT molecular complexity index is 783. The molecule has 1 aromatic carbocycles. The van der Waals surface area contributed by atoms with E-state index in [0.29, 0.717) is 10.7 Å². The molecule has 2 rings (SSSR count). The molecule has 0 spiro atoms. The number of halogens is 1. The van der Waals surface area contributed by atoms with Crippen LogP contribution in [0, 0.1) is 6.92 Å². The first-order chi connectivity index (χ1) is 9.83. The highest BCUT2D eigenvalue weighted by molar-refractivity contribution is 7.92. The van der Waals surface area contributed by atoms with Crippen molar-refractivity contribution in [1.82, 2.24) is 4.98 Å². The Morgan fingerprint density at radius 1 is 1.33 bits per heavy atom. The summed E-state index contributed by atoms with van der Waals surface area (Å²) in [6.07, 6.45) is 1.21. The molecule has 0 unspecified atom stereocenters. The average Bonchev–Trinajstić information content (AvgIpc) is 2.92. The molecule has 21 heavy (non-hydrogen) atoms. The summed E-state index contributed by atoms with van der Waals surface area (Å²) in [7, 11) is -2.60. The first-order valence-corrected chi connectivity index (χ1v) is 7.75. The number of aromatic nitrogens is 1. The highest BCUT2D eigenvalue weighted by atomic mass is 35.5. The number of carbonyl (C=O) groups is 1. The van der Waals surface area contributed by atoms with E-state index in [1.54, 1.807) is 12.1 Å². The minimum atomic E-state index is -3.81. The Balaban J connectivity index is 2.27. The van der Waals surface area contributed by atoms with E-state index >= 15 is 0 Å². The molecular formula is C13H13ClN2O4S. The molecule has 6 nitrogen and oxygen atoms in total. The third-order valence-corrected chi connectivity index (χ3v) is 4.56. The van der Waals surface area contributed by atoms with Gasteiger partial charge in [0.15, 0.2) is 0 Å². The Labute approximate surface area is 127 Å². The number of aryl methyl sites for hydroxylation is 1. The van der Waals surface area contributed by atoms with Crippen molar-refractivity contribution in [1.29, 1.82) is 0 Å². The van der Waals surface area contributed by atoms with E-state index in [1.807, 2.05) is 6.92 Å². The van der Waals surface area contributed by atoms with Crippen LogP contribution in [0.25, 0.3) is 0 Å². The van der Waals surface area contributed by atoms with E-state index in [0.717, 1.165) is 5.56 Å². The predicted octanol–water partition coefficient (Wildman–Crippen LogP) is 2.56. The summed E-state index contributed by atoms with van der Waals surface area (Å²) in [5, 5.41) is 0.458. The lowest BCUT2D eigenvalue weighted by atomic mass is 10.2. The molecule has 1 aromatic heterocycles. The zero-order chi connectivity index (χ0) is 15.6. The highest BCUT2D eigenvalue weighted by Crippen LogP contribution is 2.23. The Hall–Kier alpha value is -1.99. The van der Waals surface area contributed by atoms with Gasteiger partial charge in [-0.1, -0.05) is 17.7 Å². The van der Waals surface area contributed by atoms with Crippen LogP contribution in [0.3, 0.4) is 0 Å². The van der Waals surface area contributed by atoms with Crippen LogP contribution < -0.4 is 4.72 Å². The lowest BCUT2D eigenvalue weighted by Gasteiger charge is -2.07. The zero-order valence-corrected chi connectivity index (χ0v) is 12.9. The summed E-state index contributed by atoms with van der Waals surface area (Å²) in [5.41, 5.74) is 1.24. The van der Waals surface area contributed by atoms with Crippen molar-refractivity contribution in [2.75, 3.05) is 11.8 Å². The summed E-state index contributed by atoms with van der Waals surface area (Å²) in [6, 6.07) is 6.02. The Morgan fingerprint density at radius 2 is 2.05 bits per heavy atom. The second-order valence-electron chi connectivity index (χ2n) is 4.31. The fraction of sp³-hybridized carbons (Fsp3) is 0.154. The highest BCUT2D eigenvalue weighted by Gasteiger charge is 2.19. The number of nitrogens with one attached hydrogen (secondary N) is 2. The van der Waals surface area contributed by atoms with Crippen molar-refractivity contribution in [3.63, 3.8) is 0 Å². The van der Waals surface area contributed by atoms with Crippen LogP contribution in [0.15, 0.2) is 35.4 Å². The van der Waals surface area contributed by atoms with Crippen molar-refractivity contribution in [2.24, 2.45) is 0 Å². The van der Waals surface area contributed by atoms with Gasteiger partial charge in [0, 0.05) is 11.2 Å². The number of ether oxygens (including phenoxy) is 1. The van der Waals surface area contributed by atoms with Gasteiger partial charge in [0.25, 0.3) is 10.0 Å². The van der Waals surface area contributed by atoms with Crippen molar-refractivity contribution in [2.45, 2.75) is 11.8 Å². The van der Waals surface area contributed by atoms with Gasteiger partial charge in [-0.25, -0.2) is 13.2 Å². The van der Waals surface area contributed by atoms with E-state index in [9.17, 15) is 13.2 Å². The third-order valence-electron chi connectivity index (χ3n) is 2.80. The summed E-state index contributed by atoms with van der Waals surface area (Å²) >= 11 is 5.95. The van der Waals surface area contributed by atoms with Crippen molar-refractivity contribution in [3.05, 3.63) is 46.7 Å². The number of benzene rings is 1. The minimum absolute atomic E-state index is 0.0554. The maximum atomic E-state index is 12.2. The molecule has 0 saturated heterocycles. The van der Waals surface area contributed by atoms with Gasteiger partial charge in [0.2, 0.25) is 0 Å². The van der Waals surface area contributed by atoms with E-state index in [4.69, 9.17) is 11.6 Å². The molecule has 0 aliphatic carbocycles. The topological polar surface area (TPSA) is 88.3 Å². The van der Waals surface area contributed by atoms with E-state index < -0.39 is 16.0 Å². The molecule has 0 radical (unpaired) electrons. The van der Waals surface area contributed by atoms with Crippen LogP contribution in [-0.4, -0.2) is 26.5 Å². The molecule has 112 valence electrons. The van der Waals surface area contributed by atoms with Gasteiger partial charge in [-0.15, -0.1) is 0 Å². The normalized spacial score (nSPS) is 11.2. The number of esters is 1. The van der Waals surface area contributed by atoms with Gasteiger partial charge >= 0.3 is 5.97 Å². The maximum absolute atomic E-state index is 12.2. The van der Waals surface area contributed by atoms with Gasteiger partial charge in [0.05, 0.1) is 12.8 Å². The predicted molar refractivity (Wildman–Crippen MR) is 79.1 cm³/mol. The number of hydrogen-bond acceptors (Lipinski definition) is 4. The Morgan fingerprint density at radius 3 is 2.67 bits per heavy atom. The van der Waals surface area contributed by atoms with Gasteiger partial charge in [-0.3, -0.25) is 4.72 Å². The largest absolute Gasteiger partial charge is 0.464 e. The standard InChI is InChI=1S/C13H13ClN2O4S/c1-8-3-4-9(5-11(8)14)16-21(18,19)10-6-12(15-7-10)13(17)20-2/h3-7,15-16H,1-2H3. The number of hydrogen-bond donors (Lipinski definition) is 2. The van der Waals surface area contributed by atoms with Crippen LogP contribution in [0.1, 0.15) is 16.1 Å². The fourth-order valence-electron chi connectivity index (χ4n) is 1.63.